The van der Waals surface area contributed by atoms with Crippen molar-refractivity contribution in [2.24, 2.45) is 11.8 Å². The zero-order valence-corrected chi connectivity index (χ0v) is 11.9. The van der Waals surface area contributed by atoms with E-state index in [4.69, 9.17) is 14.6 Å². The Morgan fingerprint density at radius 2 is 2.25 bits per heavy atom. The van der Waals surface area contributed by atoms with E-state index in [0.29, 0.717) is 26.3 Å². The van der Waals surface area contributed by atoms with Crippen molar-refractivity contribution in [3.8, 4) is 0 Å². The summed E-state index contributed by atoms with van der Waals surface area (Å²) in [4.78, 5) is 24.7. The number of aliphatic carboxylic acids is 1. The van der Waals surface area contributed by atoms with E-state index >= 15 is 0 Å². The highest BCUT2D eigenvalue weighted by Crippen LogP contribution is 2.24. The second-order valence-corrected chi connectivity index (χ2v) is 5.68. The number of rotatable bonds is 4. The quantitative estimate of drug-likeness (QED) is 0.768. The molecule has 20 heavy (non-hydrogen) atoms. The van der Waals surface area contributed by atoms with Gasteiger partial charge in [0.25, 0.3) is 0 Å². The minimum Gasteiger partial charge on any atom is -0.481 e. The third-order valence-electron chi connectivity index (χ3n) is 4.28. The van der Waals surface area contributed by atoms with E-state index in [1.807, 2.05) is 6.92 Å². The molecule has 2 fully saturated rings. The molecule has 0 aromatic rings. The molecule has 2 N–H and O–H groups in total. The first-order valence-corrected chi connectivity index (χ1v) is 6.86. The summed E-state index contributed by atoms with van der Waals surface area (Å²) in [7, 11) is 1.61. The van der Waals surface area contributed by atoms with Gasteiger partial charge in [-0.25, -0.2) is 4.79 Å². The predicted molar refractivity (Wildman–Crippen MR) is 70.4 cm³/mol. The van der Waals surface area contributed by atoms with Crippen molar-refractivity contribution in [1.82, 2.24) is 10.2 Å². The summed E-state index contributed by atoms with van der Waals surface area (Å²) >= 11 is 0. The molecule has 3 unspecified atom stereocenters. The highest BCUT2D eigenvalue weighted by Gasteiger charge is 2.39. The van der Waals surface area contributed by atoms with Crippen LogP contribution in [0.2, 0.25) is 0 Å². The number of carbonyl (C=O) groups is 2. The summed E-state index contributed by atoms with van der Waals surface area (Å²) in [5.41, 5.74) is -0.451. The monoisotopic (exact) mass is 286 g/mol. The lowest BCUT2D eigenvalue weighted by Gasteiger charge is -2.27. The number of carboxylic acid groups (broad SMARTS) is 1. The third-order valence-corrected chi connectivity index (χ3v) is 4.28. The molecule has 2 aliphatic heterocycles. The van der Waals surface area contributed by atoms with Gasteiger partial charge in [0.15, 0.2) is 0 Å². The van der Waals surface area contributed by atoms with Crippen molar-refractivity contribution in [2.75, 3.05) is 40.0 Å². The Morgan fingerprint density at radius 3 is 2.75 bits per heavy atom. The fraction of sp³-hybridized carbons (Fsp3) is 0.846. The Labute approximate surface area is 118 Å². The molecule has 0 bridgehead atoms. The van der Waals surface area contributed by atoms with Gasteiger partial charge in [-0.1, -0.05) is 6.92 Å². The van der Waals surface area contributed by atoms with Crippen LogP contribution < -0.4 is 5.32 Å². The molecule has 7 heteroatoms. The molecule has 0 aromatic heterocycles. The van der Waals surface area contributed by atoms with Gasteiger partial charge in [-0.15, -0.1) is 0 Å². The normalized spacial score (nSPS) is 33.4. The molecule has 0 aromatic carbocycles. The van der Waals surface area contributed by atoms with Crippen LogP contribution >= 0.6 is 0 Å². The van der Waals surface area contributed by atoms with Crippen LogP contribution in [0.3, 0.4) is 0 Å². The lowest BCUT2D eigenvalue weighted by Crippen LogP contribution is -2.48. The smallest absolute Gasteiger partial charge is 0.317 e. The van der Waals surface area contributed by atoms with Gasteiger partial charge in [-0.3, -0.25) is 4.79 Å². The molecule has 3 atom stereocenters. The third kappa shape index (κ3) is 3.04. The van der Waals surface area contributed by atoms with E-state index in [0.717, 1.165) is 6.42 Å². The second kappa shape index (κ2) is 5.97. The Kier molecular flexibility index (Phi) is 4.49. The Balaban J connectivity index is 1.85. The number of hydrogen-bond donors (Lipinski definition) is 2. The van der Waals surface area contributed by atoms with E-state index in [9.17, 15) is 9.59 Å². The number of nitrogens with one attached hydrogen (secondary N) is 1. The van der Waals surface area contributed by atoms with Gasteiger partial charge in [-0.05, 0) is 5.92 Å². The van der Waals surface area contributed by atoms with Crippen LogP contribution in [0.4, 0.5) is 4.79 Å². The molecule has 7 nitrogen and oxygen atoms in total. The average molecular weight is 286 g/mol. The first-order chi connectivity index (χ1) is 9.47. The van der Waals surface area contributed by atoms with Crippen molar-refractivity contribution in [3.05, 3.63) is 0 Å². The maximum atomic E-state index is 12.1. The number of carbonyl (C=O) groups excluding carboxylic acids is 1. The standard InChI is InChI=1S/C13H22N2O5/c1-9-5-15(6-10(9)11(16)17)12(18)14-7-13(19-2)3-4-20-8-13/h9-10H,3-8H2,1-2H3,(H,14,18)(H,16,17). The first-order valence-electron chi connectivity index (χ1n) is 6.86. The summed E-state index contributed by atoms with van der Waals surface area (Å²) in [6, 6.07) is -0.232. The van der Waals surface area contributed by atoms with Crippen molar-refractivity contribution < 1.29 is 24.2 Å². The van der Waals surface area contributed by atoms with Gasteiger partial charge >= 0.3 is 12.0 Å². The Bertz CT molecular complexity index is 381. The molecule has 0 aliphatic carbocycles. The summed E-state index contributed by atoms with van der Waals surface area (Å²) in [5, 5.41) is 11.9. The lowest BCUT2D eigenvalue weighted by atomic mass is 9.99. The van der Waals surface area contributed by atoms with Crippen LogP contribution in [-0.4, -0.2) is 67.6 Å². The van der Waals surface area contributed by atoms with Gasteiger partial charge < -0.3 is 24.8 Å². The summed E-state index contributed by atoms with van der Waals surface area (Å²) in [5.74, 6) is -1.35. The molecule has 0 radical (unpaired) electrons. The van der Waals surface area contributed by atoms with E-state index in [2.05, 4.69) is 5.32 Å². The molecule has 2 aliphatic rings. The number of urea groups is 1. The lowest BCUT2D eigenvalue weighted by molar-refractivity contribution is -0.142. The Hall–Kier alpha value is -1.34. The number of hydrogen-bond acceptors (Lipinski definition) is 4. The summed E-state index contributed by atoms with van der Waals surface area (Å²) in [6.45, 7) is 4.07. The number of ether oxygens (including phenoxy) is 2. The number of amides is 2. The molecule has 2 saturated heterocycles. The van der Waals surface area contributed by atoms with E-state index in [-0.39, 0.29) is 18.5 Å². The second-order valence-electron chi connectivity index (χ2n) is 5.68. The molecule has 0 saturated carbocycles. The summed E-state index contributed by atoms with van der Waals surface area (Å²) < 4.78 is 10.7. The maximum absolute atomic E-state index is 12.1. The predicted octanol–water partition coefficient (Wildman–Crippen LogP) is 0.154. The molecule has 0 spiro atoms. The number of carboxylic acids is 1. The molecule has 2 heterocycles. The number of nitrogens with zero attached hydrogens (tertiary/aromatic N) is 1. The zero-order valence-electron chi connectivity index (χ0n) is 11.9. The molecule has 114 valence electrons. The van der Waals surface area contributed by atoms with Gasteiger partial charge in [0.05, 0.1) is 19.1 Å². The number of methoxy groups -OCH3 is 1. The fourth-order valence-electron chi connectivity index (χ4n) is 2.76. The van der Waals surface area contributed by atoms with Gasteiger partial charge in [0.2, 0.25) is 0 Å². The van der Waals surface area contributed by atoms with E-state index < -0.39 is 17.5 Å². The van der Waals surface area contributed by atoms with Gasteiger partial charge in [0.1, 0.15) is 5.60 Å². The van der Waals surface area contributed by atoms with Crippen molar-refractivity contribution in [1.29, 1.82) is 0 Å². The maximum Gasteiger partial charge on any atom is 0.317 e. The van der Waals surface area contributed by atoms with Gasteiger partial charge in [-0.2, -0.15) is 0 Å². The van der Waals surface area contributed by atoms with Gasteiger partial charge in [0, 0.05) is 33.2 Å². The van der Waals surface area contributed by atoms with Crippen molar-refractivity contribution >= 4 is 12.0 Å². The minimum atomic E-state index is -0.842. The van der Waals surface area contributed by atoms with Crippen LogP contribution in [0.15, 0.2) is 0 Å². The SMILES string of the molecule is COC1(CNC(=O)N2CC(C)C(C(=O)O)C2)CCOC1. The van der Waals surface area contributed by atoms with Crippen molar-refractivity contribution in [3.63, 3.8) is 0 Å². The van der Waals surface area contributed by atoms with Crippen LogP contribution in [0, 0.1) is 11.8 Å². The highest BCUT2D eigenvalue weighted by molar-refractivity contribution is 5.77. The van der Waals surface area contributed by atoms with E-state index in [1.165, 1.54) is 0 Å². The van der Waals surface area contributed by atoms with Crippen LogP contribution in [-0.2, 0) is 14.3 Å². The van der Waals surface area contributed by atoms with Crippen LogP contribution in [0.5, 0.6) is 0 Å². The largest absolute Gasteiger partial charge is 0.481 e. The Morgan fingerprint density at radius 1 is 1.50 bits per heavy atom. The van der Waals surface area contributed by atoms with Crippen LogP contribution in [0.25, 0.3) is 0 Å². The number of likely N-dealkylation sites (tertiary alicyclic amines) is 1. The molecule has 2 amide bonds. The summed E-state index contributed by atoms with van der Waals surface area (Å²) in [6.07, 6.45) is 0.748. The van der Waals surface area contributed by atoms with Crippen molar-refractivity contribution in [2.45, 2.75) is 18.9 Å². The topological polar surface area (TPSA) is 88.1 Å². The first kappa shape index (κ1) is 15.1. The molecular weight excluding hydrogens is 264 g/mol. The zero-order chi connectivity index (χ0) is 14.8. The fourth-order valence-corrected chi connectivity index (χ4v) is 2.76. The minimum absolute atomic E-state index is 0.0237. The molecular formula is C13H22N2O5. The average Bonchev–Trinajstić information content (AvgIpc) is 3.03. The molecule has 2 rings (SSSR count). The van der Waals surface area contributed by atoms with Crippen LogP contribution in [0.1, 0.15) is 13.3 Å². The highest BCUT2D eigenvalue weighted by atomic mass is 16.5. The van der Waals surface area contributed by atoms with E-state index in [1.54, 1.807) is 12.0 Å².